The SMILES string of the molecule is O=C1CCC(NC(=O)c2cc(F)c[nH]c2=O)C2(CCC2)N1. The van der Waals surface area contributed by atoms with Gasteiger partial charge in [-0.2, -0.15) is 0 Å². The molecule has 0 aromatic carbocycles. The first-order valence-electron chi connectivity index (χ1n) is 7.00. The predicted molar refractivity (Wildman–Crippen MR) is 72.2 cm³/mol. The molecule has 0 radical (unpaired) electrons. The largest absolute Gasteiger partial charge is 0.349 e. The van der Waals surface area contributed by atoms with E-state index in [2.05, 4.69) is 15.6 Å². The van der Waals surface area contributed by atoms with E-state index in [-0.39, 0.29) is 17.5 Å². The molecule has 1 aromatic heterocycles. The van der Waals surface area contributed by atoms with Crippen molar-refractivity contribution >= 4 is 11.8 Å². The van der Waals surface area contributed by atoms with Crippen molar-refractivity contribution in [3.8, 4) is 0 Å². The zero-order valence-electron chi connectivity index (χ0n) is 11.4. The first kappa shape index (κ1) is 13.8. The second-order valence-electron chi connectivity index (χ2n) is 5.68. The van der Waals surface area contributed by atoms with E-state index in [0.717, 1.165) is 31.5 Å². The van der Waals surface area contributed by atoms with Crippen molar-refractivity contribution in [2.75, 3.05) is 0 Å². The molecule has 2 amide bonds. The van der Waals surface area contributed by atoms with Gasteiger partial charge in [0.1, 0.15) is 11.4 Å². The highest BCUT2D eigenvalue weighted by atomic mass is 19.1. The zero-order chi connectivity index (χ0) is 15.0. The Bertz CT molecular complexity index is 651. The van der Waals surface area contributed by atoms with E-state index in [4.69, 9.17) is 0 Å². The van der Waals surface area contributed by atoms with Crippen LogP contribution < -0.4 is 16.2 Å². The molecular weight excluding hydrogens is 277 g/mol. The smallest absolute Gasteiger partial charge is 0.260 e. The molecule has 1 aliphatic carbocycles. The maximum absolute atomic E-state index is 13.2. The monoisotopic (exact) mass is 293 g/mol. The molecule has 21 heavy (non-hydrogen) atoms. The molecule has 1 saturated carbocycles. The van der Waals surface area contributed by atoms with Crippen LogP contribution >= 0.6 is 0 Å². The van der Waals surface area contributed by atoms with Gasteiger partial charge in [0, 0.05) is 12.6 Å². The van der Waals surface area contributed by atoms with Crippen LogP contribution in [0.5, 0.6) is 0 Å². The lowest BCUT2D eigenvalue weighted by Gasteiger charge is -2.50. The Kier molecular flexibility index (Phi) is 3.27. The lowest BCUT2D eigenvalue weighted by atomic mass is 9.68. The summed E-state index contributed by atoms with van der Waals surface area (Å²) in [6.45, 7) is 0. The highest BCUT2D eigenvalue weighted by Crippen LogP contribution is 2.38. The van der Waals surface area contributed by atoms with Crippen molar-refractivity contribution in [3.63, 3.8) is 0 Å². The van der Waals surface area contributed by atoms with Crippen molar-refractivity contribution in [2.45, 2.75) is 43.7 Å². The molecule has 1 spiro atoms. The van der Waals surface area contributed by atoms with Gasteiger partial charge in [0.15, 0.2) is 0 Å². The lowest BCUT2D eigenvalue weighted by Crippen LogP contribution is -2.68. The van der Waals surface area contributed by atoms with E-state index in [1.54, 1.807) is 0 Å². The molecule has 3 N–H and O–H groups in total. The van der Waals surface area contributed by atoms with Crippen LogP contribution in [0.2, 0.25) is 0 Å². The predicted octanol–water partition coefficient (Wildman–Crippen LogP) is 0.445. The van der Waals surface area contributed by atoms with Gasteiger partial charge in [0.25, 0.3) is 11.5 Å². The summed E-state index contributed by atoms with van der Waals surface area (Å²) in [6, 6.07) is 0.697. The van der Waals surface area contributed by atoms with Crippen LogP contribution in [0.25, 0.3) is 0 Å². The molecule has 6 nitrogen and oxygen atoms in total. The summed E-state index contributed by atoms with van der Waals surface area (Å²) in [7, 11) is 0. The topological polar surface area (TPSA) is 91.1 Å². The number of H-pyrrole nitrogens is 1. The first-order valence-corrected chi connectivity index (χ1v) is 7.00. The van der Waals surface area contributed by atoms with E-state index in [1.165, 1.54) is 0 Å². The van der Waals surface area contributed by atoms with Gasteiger partial charge in [-0.15, -0.1) is 0 Å². The maximum atomic E-state index is 13.2. The summed E-state index contributed by atoms with van der Waals surface area (Å²) in [5, 5.41) is 5.72. The van der Waals surface area contributed by atoms with Crippen LogP contribution in [0.4, 0.5) is 4.39 Å². The van der Waals surface area contributed by atoms with Crippen LogP contribution in [0.15, 0.2) is 17.1 Å². The molecule has 2 aliphatic rings. The van der Waals surface area contributed by atoms with Crippen LogP contribution in [0.1, 0.15) is 42.5 Å². The minimum Gasteiger partial charge on any atom is -0.349 e. The molecule has 1 aromatic rings. The summed E-state index contributed by atoms with van der Waals surface area (Å²) < 4.78 is 13.2. The number of aromatic nitrogens is 1. The molecule has 2 heterocycles. The van der Waals surface area contributed by atoms with E-state index in [9.17, 15) is 18.8 Å². The molecule has 2 fully saturated rings. The fourth-order valence-corrected chi connectivity index (χ4v) is 3.08. The van der Waals surface area contributed by atoms with Crippen molar-refractivity contribution in [3.05, 3.63) is 34.0 Å². The van der Waals surface area contributed by atoms with Crippen LogP contribution in [0.3, 0.4) is 0 Å². The highest BCUT2D eigenvalue weighted by molar-refractivity contribution is 5.94. The van der Waals surface area contributed by atoms with Gasteiger partial charge in [0.05, 0.1) is 11.6 Å². The highest BCUT2D eigenvalue weighted by Gasteiger charge is 2.48. The molecule has 1 aliphatic heterocycles. The number of carbonyl (C=O) groups is 2. The molecule has 1 saturated heterocycles. The average Bonchev–Trinajstić information content (AvgIpc) is 2.41. The van der Waals surface area contributed by atoms with E-state index in [1.807, 2.05) is 0 Å². The summed E-state index contributed by atoms with van der Waals surface area (Å²) in [6.07, 6.45) is 4.39. The lowest BCUT2D eigenvalue weighted by molar-refractivity contribution is -0.127. The van der Waals surface area contributed by atoms with E-state index < -0.39 is 22.8 Å². The second kappa shape index (κ2) is 4.98. The molecule has 1 unspecified atom stereocenters. The molecular formula is C14H16FN3O3. The summed E-state index contributed by atoms with van der Waals surface area (Å²) in [5.74, 6) is -1.29. The van der Waals surface area contributed by atoms with Gasteiger partial charge in [0.2, 0.25) is 5.91 Å². The number of pyridine rings is 1. The minimum atomic E-state index is -0.671. The van der Waals surface area contributed by atoms with Crippen molar-refractivity contribution < 1.29 is 14.0 Å². The van der Waals surface area contributed by atoms with Gasteiger partial charge >= 0.3 is 0 Å². The standard InChI is InChI=1S/C14H16FN3O3/c15-8-6-9(12(20)16-7-8)13(21)17-10-2-3-11(19)18-14(10)4-1-5-14/h6-7,10H,1-5H2,(H,16,20)(H,17,21)(H,18,19). The van der Waals surface area contributed by atoms with E-state index in [0.29, 0.717) is 12.8 Å². The van der Waals surface area contributed by atoms with Crippen molar-refractivity contribution in [1.82, 2.24) is 15.6 Å². The number of piperidine rings is 1. The Morgan fingerprint density at radius 1 is 1.38 bits per heavy atom. The summed E-state index contributed by atoms with van der Waals surface area (Å²) in [4.78, 5) is 37.5. The number of halogens is 1. The van der Waals surface area contributed by atoms with E-state index >= 15 is 0 Å². The normalized spacial score (nSPS) is 23.3. The fraction of sp³-hybridized carbons (Fsp3) is 0.500. The molecule has 7 heteroatoms. The number of hydrogen-bond acceptors (Lipinski definition) is 3. The Morgan fingerprint density at radius 2 is 2.14 bits per heavy atom. The third-order valence-electron chi connectivity index (χ3n) is 4.38. The number of amides is 2. The Morgan fingerprint density at radius 3 is 2.81 bits per heavy atom. The van der Waals surface area contributed by atoms with Crippen molar-refractivity contribution in [1.29, 1.82) is 0 Å². The number of aromatic amines is 1. The number of hydrogen-bond donors (Lipinski definition) is 3. The van der Waals surface area contributed by atoms with Crippen LogP contribution in [0, 0.1) is 5.82 Å². The van der Waals surface area contributed by atoms with Crippen molar-refractivity contribution in [2.24, 2.45) is 0 Å². The Hall–Kier alpha value is -2.18. The third kappa shape index (κ3) is 2.43. The van der Waals surface area contributed by atoms with Gasteiger partial charge in [-0.1, -0.05) is 0 Å². The zero-order valence-corrected chi connectivity index (χ0v) is 11.4. The molecule has 112 valence electrons. The number of carbonyl (C=O) groups excluding carboxylic acids is 2. The van der Waals surface area contributed by atoms with Gasteiger partial charge in [-0.25, -0.2) is 4.39 Å². The first-order chi connectivity index (χ1) is 10.00. The third-order valence-corrected chi connectivity index (χ3v) is 4.38. The van der Waals surface area contributed by atoms with Gasteiger partial charge < -0.3 is 15.6 Å². The van der Waals surface area contributed by atoms with Gasteiger partial charge in [-0.3, -0.25) is 14.4 Å². The molecule has 0 bridgehead atoms. The Labute approximate surface area is 120 Å². The quantitative estimate of drug-likeness (QED) is 0.739. The summed E-state index contributed by atoms with van der Waals surface area (Å²) >= 11 is 0. The second-order valence-corrected chi connectivity index (χ2v) is 5.68. The van der Waals surface area contributed by atoms with Crippen LogP contribution in [-0.4, -0.2) is 28.4 Å². The minimum absolute atomic E-state index is 0.0104. The fourth-order valence-electron chi connectivity index (χ4n) is 3.08. The van der Waals surface area contributed by atoms with Crippen LogP contribution in [-0.2, 0) is 4.79 Å². The molecule has 1 atom stereocenters. The van der Waals surface area contributed by atoms with Gasteiger partial charge in [-0.05, 0) is 31.7 Å². The Balaban J connectivity index is 1.79. The average molecular weight is 293 g/mol. The maximum Gasteiger partial charge on any atom is 0.260 e. The number of rotatable bonds is 2. The summed E-state index contributed by atoms with van der Waals surface area (Å²) in [5.41, 5.74) is -1.27. The number of nitrogens with one attached hydrogen (secondary N) is 3. The molecule has 3 rings (SSSR count).